The van der Waals surface area contributed by atoms with Crippen LogP contribution in [0.1, 0.15) is 44.1 Å². The van der Waals surface area contributed by atoms with Crippen molar-refractivity contribution in [3.05, 3.63) is 48.4 Å². The van der Waals surface area contributed by atoms with Gasteiger partial charge in [-0.1, -0.05) is 6.42 Å². The molecule has 0 spiro atoms. The second-order valence-electron chi connectivity index (χ2n) is 10.2. The van der Waals surface area contributed by atoms with Crippen LogP contribution in [0.3, 0.4) is 0 Å². The predicted octanol–water partition coefficient (Wildman–Crippen LogP) is 4.93. The molecular formula is C28H31N9. The van der Waals surface area contributed by atoms with E-state index in [0.29, 0.717) is 11.5 Å². The minimum Gasteiger partial charge on any atom is -0.370 e. The summed E-state index contributed by atoms with van der Waals surface area (Å²) in [4.78, 5) is 27.4. The number of H-pyrrole nitrogens is 2. The molecule has 9 nitrogen and oxygen atoms in total. The van der Waals surface area contributed by atoms with Gasteiger partial charge in [-0.2, -0.15) is 5.10 Å². The Kier molecular flexibility index (Phi) is 5.77. The molecule has 0 amide bonds. The largest absolute Gasteiger partial charge is 0.370 e. The van der Waals surface area contributed by atoms with E-state index < -0.39 is 0 Å². The van der Waals surface area contributed by atoms with Crippen LogP contribution in [-0.4, -0.2) is 66.2 Å². The Morgan fingerprint density at radius 3 is 2.54 bits per heavy atom. The average Bonchev–Trinajstić information content (AvgIpc) is 3.58. The number of anilines is 1. The molecule has 7 heterocycles. The molecule has 0 aromatic carbocycles. The Balaban J connectivity index is 1.23. The summed E-state index contributed by atoms with van der Waals surface area (Å²) in [6, 6.07) is 8.35. The van der Waals surface area contributed by atoms with Crippen molar-refractivity contribution in [3.8, 4) is 22.8 Å². The molecule has 5 aromatic heterocycles. The molecule has 0 atom stereocenters. The zero-order chi connectivity index (χ0) is 24.6. The van der Waals surface area contributed by atoms with E-state index >= 15 is 0 Å². The number of fused-ring (bicyclic) bond motifs is 2. The summed E-state index contributed by atoms with van der Waals surface area (Å²) in [6.45, 7) is 5.38. The molecule has 2 aliphatic rings. The van der Waals surface area contributed by atoms with Crippen molar-refractivity contribution in [2.45, 2.75) is 45.1 Å². The van der Waals surface area contributed by atoms with Gasteiger partial charge in [0.25, 0.3) is 0 Å². The molecule has 2 fully saturated rings. The summed E-state index contributed by atoms with van der Waals surface area (Å²) < 4.78 is 0. The number of aromatic nitrogens is 7. The maximum Gasteiger partial charge on any atom is 0.162 e. The number of imidazole rings is 1. The number of pyridine rings is 3. The summed E-state index contributed by atoms with van der Waals surface area (Å²) in [5.41, 5.74) is 8.30. The highest BCUT2D eigenvalue weighted by Gasteiger charge is 2.20. The van der Waals surface area contributed by atoms with Crippen LogP contribution >= 0.6 is 0 Å². The molecule has 0 radical (unpaired) electrons. The SMILES string of the molecule is c1cc(N2CCCCC2)c2nc(-c3n[nH]c4ccc(-c5cncc(CN6CCCCC6)c5)nc34)[nH]c2n1. The Morgan fingerprint density at radius 1 is 0.838 bits per heavy atom. The van der Waals surface area contributed by atoms with Gasteiger partial charge in [0.15, 0.2) is 17.2 Å². The lowest BCUT2D eigenvalue weighted by molar-refractivity contribution is 0.220. The van der Waals surface area contributed by atoms with Crippen LogP contribution in [0.15, 0.2) is 42.9 Å². The summed E-state index contributed by atoms with van der Waals surface area (Å²) in [5.74, 6) is 0.680. The van der Waals surface area contributed by atoms with Gasteiger partial charge in [-0.05, 0) is 75.0 Å². The predicted molar refractivity (Wildman–Crippen MR) is 145 cm³/mol. The first-order valence-corrected chi connectivity index (χ1v) is 13.4. The Labute approximate surface area is 215 Å². The Hall–Kier alpha value is -3.85. The molecule has 0 saturated carbocycles. The fourth-order valence-corrected chi connectivity index (χ4v) is 5.71. The highest BCUT2D eigenvalue weighted by atomic mass is 15.2. The van der Waals surface area contributed by atoms with Crippen LogP contribution in [0.25, 0.3) is 45.0 Å². The lowest BCUT2D eigenvalue weighted by atomic mass is 10.1. The maximum absolute atomic E-state index is 5.01. The number of nitrogens with one attached hydrogen (secondary N) is 2. The molecular weight excluding hydrogens is 462 g/mol. The number of piperidine rings is 2. The summed E-state index contributed by atoms with van der Waals surface area (Å²) in [7, 11) is 0. The van der Waals surface area contributed by atoms with E-state index in [2.05, 4.69) is 47.1 Å². The van der Waals surface area contributed by atoms with Crippen molar-refractivity contribution < 1.29 is 0 Å². The third-order valence-corrected chi connectivity index (χ3v) is 7.64. The van der Waals surface area contributed by atoms with Gasteiger partial charge in [0.1, 0.15) is 11.0 Å². The van der Waals surface area contributed by atoms with Crippen molar-refractivity contribution in [2.75, 3.05) is 31.1 Å². The van der Waals surface area contributed by atoms with Gasteiger partial charge in [0, 0.05) is 43.8 Å². The third kappa shape index (κ3) is 4.33. The monoisotopic (exact) mass is 493 g/mol. The smallest absolute Gasteiger partial charge is 0.162 e. The van der Waals surface area contributed by atoms with Gasteiger partial charge >= 0.3 is 0 Å². The standard InChI is InChI=1S/C28H31N9/c1-3-11-36(12-4-1)18-19-15-20(17-29-16-19)21-7-8-22-24(31-21)26(35-34-22)28-32-25-23(9-10-30-27(25)33-28)37-13-5-2-6-14-37/h7-10,15-17H,1-6,11-14,18H2,(H,34,35)(H,30,32,33). The maximum atomic E-state index is 5.01. The first-order valence-electron chi connectivity index (χ1n) is 13.4. The van der Waals surface area contributed by atoms with Crippen molar-refractivity contribution in [3.63, 3.8) is 0 Å². The van der Waals surface area contributed by atoms with Gasteiger partial charge in [0.2, 0.25) is 0 Å². The molecule has 188 valence electrons. The van der Waals surface area contributed by atoms with Crippen LogP contribution in [0.4, 0.5) is 5.69 Å². The van der Waals surface area contributed by atoms with Gasteiger partial charge < -0.3 is 9.88 Å². The molecule has 37 heavy (non-hydrogen) atoms. The molecule has 9 heteroatoms. The van der Waals surface area contributed by atoms with Gasteiger partial charge in [0.05, 0.1) is 16.9 Å². The summed E-state index contributed by atoms with van der Waals surface area (Å²) >= 11 is 0. The van der Waals surface area contributed by atoms with Crippen molar-refractivity contribution >= 4 is 27.9 Å². The first kappa shape index (κ1) is 22.4. The lowest BCUT2D eigenvalue weighted by Gasteiger charge is -2.28. The minimum absolute atomic E-state index is 0.680. The Bertz CT molecular complexity index is 1540. The molecule has 0 unspecified atom stereocenters. The average molecular weight is 494 g/mol. The topological polar surface area (TPSA) is 103 Å². The molecule has 0 bridgehead atoms. The summed E-state index contributed by atoms with van der Waals surface area (Å²) in [6.07, 6.45) is 13.4. The quantitative estimate of drug-likeness (QED) is 0.358. The fraction of sp³-hybridized carbons (Fsp3) is 0.393. The number of aromatic amines is 2. The van der Waals surface area contributed by atoms with E-state index in [1.807, 2.05) is 30.7 Å². The molecule has 5 aromatic rings. The van der Waals surface area contributed by atoms with E-state index in [1.54, 1.807) is 0 Å². The van der Waals surface area contributed by atoms with E-state index in [-0.39, 0.29) is 0 Å². The summed E-state index contributed by atoms with van der Waals surface area (Å²) in [5, 5.41) is 7.72. The van der Waals surface area contributed by atoms with Crippen LogP contribution < -0.4 is 4.90 Å². The number of hydrogen-bond acceptors (Lipinski definition) is 7. The van der Waals surface area contributed by atoms with E-state index in [1.165, 1.54) is 57.2 Å². The fourth-order valence-electron chi connectivity index (χ4n) is 5.71. The van der Waals surface area contributed by atoms with Crippen molar-refractivity contribution in [1.29, 1.82) is 0 Å². The lowest BCUT2D eigenvalue weighted by Crippen LogP contribution is -2.29. The van der Waals surface area contributed by atoms with Crippen LogP contribution in [-0.2, 0) is 6.54 Å². The second kappa shape index (κ2) is 9.55. The van der Waals surface area contributed by atoms with Gasteiger partial charge in [-0.3, -0.25) is 15.0 Å². The molecule has 2 aliphatic heterocycles. The van der Waals surface area contributed by atoms with Crippen LogP contribution in [0.5, 0.6) is 0 Å². The second-order valence-corrected chi connectivity index (χ2v) is 10.2. The zero-order valence-corrected chi connectivity index (χ0v) is 21.0. The number of rotatable bonds is 5. The van der Waals surface area contributed by atoms with Gasteiger partial charge in [-0.25, -0.2) is 15.0 Å². The van der Waals surface area contributed by atoms with Crippen molar-refractivity contribution in [1.82, 2.24) is 40.0 Å². The van der Waals surface area contributed by atoms with E-state index in [4.69, 9.17) is 9.97 Å². The van der Waals surface area contributed by atoms with Crippen LogP contribution in [0.2, 0.25) is 0 Å². The van der Waals surface area contributed by atoms with Crippen LogP contribution in [0, 0.1) is 0 Å². The number of hydrogen-bond donors (Lipinski definition) is 2. The van der Waals surface area contributed by atoms with E-state index in [0.717, 1.165) is 58.8 Å². The van der Waals surface area contributed by atoms with Crippen molar-refractivity contribution in [2.24, 2.45) is 0 Å². The molecule has 2 saturated heterocycles. The highest BCUT2D eigenvalue weighted by molar-refractivity contribution is 5.93. The molecule has 7 rings (SSSR count). The molecule has 2 N–H and O–H groups in total. The normalized spacial score (nSPS) is 17.1. The Morgan fingerprint density at radius 2 is 1.68 bits per heavy atom. The third-order valence-electron chi connectivity index (χ3n) is 7.64. The van der Waals surface area contributed by atoms with Gasteiger partial charge in [-0.15, -0.1) is 0 Å². The first-order chi connectivity index (χ1) is 18.3. The van der Waals surface area contributed by atoms with E-state index in [9.17, 15) is 0 Å². The molecule has 0 aliphatic carbocycles. The zero-order valence-electron chi connectivity index (χ0n) is 21.0. The highest BCUT2D eigenvalue weighted by Crippen LogP contribution is 2.31. The number of nitrogens with zero attached hydrogens (tertiary/aromatic N) is 7. The minimum atomic E-state index is 0.680. The number of likely N-dealkylation sites (tertiary alicyclic amines) is 1.